The van der Waals surface area contributed by atoms with Crippen LogP contribution in [0.2, 0.25) is 5.02 Å². The number of amides is 2. The molecular formula is C16H18ClN3O4S. The quantitative estimate of drug-likeness (QED) is 0.727. The summed E-state index contributed by atoms with van der Waals surface area (Å²) in [5.74, 6) is -0.574. The smallest absolute Gasteiger partial charge is 0.255 e. The molecule has 0 saturated carbocycles. The number of primary amides is 1. The first-order valence-electron chi connectivity index (χ1n) is 7.44. The maximum Gasteiger partial charge on any atom is 0.255 e. The third kappa shape index (κ3) is 5.07. The topological polar surface area (TPSA) is 104 Å². The van der Waals surface area contributed by atoms with Gasteiger partial charge in [0.05, 0.1) is 29.4 Å². The van der Waals surface area contributed by atoms with E-state index >= 15 is 0 Å². The molecule has 25 heavy (non-hydrogen) atoms. The van der Waals surface area contributed by atoms with Crippen molar-refractivity contribution in [3.63, 3.8) is 0 Å². The summed E-state index contributed by atoms with van der Waals surface area (Å²) in [5.41, 5.74) is 6.16. The van der Waals surface area contributed by atoms with E-state index in [0.29, 0.717) is 12.1 Å². The minimum absolute atomic E-state index is 0.146. The molecule has 0 bridgehead atoms. The molecule has 7 nitrogen and oxygen atoms in total. The van der Waals surface area contributed by atoms with Crippen molar-refractivity contribution >= 4 is 34.8 Å². The second kappa shape index (κ2) is 8.68. The van der Waals surface area contributed by atoms with Crippen LogP contribution in [-0.2, 0) is 17.8 Å². The number of ether oxygens (including phenoxy) is 2. The number of nitrogens with two attached hydrogens (primary N) is 1. The minimum atomic E-state index is -0.644. The van der Waals surface area contributed by atoms with Crippen LogP contribution < -0.4 is 20.5 Å². The summed E-state index contributed by atoms with van der Waals surface area (Å²) in [5, 5.41) is 5.85. The Morgan fingerprint density at radius 2 is 2.16 bits per heavy atom. The van der Waals surface area contributed by atoms with Gasteiger partial charge in [0.2, 0.25) is 0 Å². The van der Waals surface area contributed by atoms with Crippen LogP contribution in [0.5, 0.6) is 11.5 Å². The Balaban J connectivity index is 2.10. The first-order valence-corrected chi connectivity index (χ1v) is 8.70. The zero-order chi connectivity index (χ0) is 18.4. The van der Waals surface area contributed by atoms with Gasteiger partial charge < -0.3 is 20.5 Å². The second-order valence-electron chi connectivity index (χ2n) is 5.01. The van der Waals surface area contributed by atoms with E-state index in [2.05, 4.69) is 10.3 Å². The Labute approximate surface area is 154 Å². The molecule has 0 unspecified atom stereocenters. The number of carbonyl (C=O) groups excluding carboxylic acids is 2. The van der Waals surface area contributed by atoms with E-state index in [0.717, 1.165) is 17.1 Å². The molecule has 0 saturated heterocycles. The molecule has 9 heteroatoms. The van der Waals surface area contributed by atoms with Gasteiger partial charge in [0.25, 0.3) is 11.8 Å². The lowest BCUT2D eigenvalue weighted by Gasteiger charge is -2.13. The number of methoxy groups -OCH3 is 1. The maximum atomic E-state index is 12.3. The number of hydrogen-bond donors (Lipinski definition) is 2. The second-order valence-corrected chi connectivity index (χ2v) is 6.36. The van der Waals surface area contributed by atoms with Crippen molar-refractivity contribution in [2.45, 2.75) is 19.9 Å². The molecule has 0 aliphatic carbocycles. The molecule has 0 aliphatic rings. The number of halogens is 1. The van der Waals surface area contributed by atoms with E-state index in [1.54, 1.807) is 11.3 Å². The molecular weight excluding hydrogens is 366 g/mol. The first-order chi connectivity index (χ1) is 11.9. The van der Waals surface area contributed by atoms with Gasteiger partial charge in [-0.3, -0.25) is 9.59 Å². The predicted molar refractivity (Wildman–Crippen MR) is 95.4 cm³/mol. The lowest BCUT2D eigenvalue weighted by atomic mass is 10.2. The molecule has 0 radical (unpaired) electrons. The zero-order valence-corrected chi connectivity index (χ0v) is 15.4. The predicted octanol–water partition coefficient (Wildman–Crippen LogP) is 2.16. The van der Waals surface area contributed by atoms with Gasteiger partial charge in [-0.25, -0.2) is 4.98 Å². The first kappa shape index (κ1) is 19.0. The van der Waals surface area contributed by atoms with E-state index in [1.807, 2.05) is 12.3 Å². The van der Waals surface area contributed by atoms with Crippen LogP contribution in [0.1, 0.15) is 28.0 Å². The van der Waals surface area contributed by atoms with Gasteiger partial charge in [-0.15, -0.1) is 11.3 Å². The van der Waals surface area contributed by atoms with Gasteiger partial charge in [-0.1, -0.05) is 18.5 Å². The Kier molecular flexibility index (Phi) is 6.60. The highest BCUT2D eigenvalue weighted by molar-refractivity contribution is 7.09. The number of thiazole rings is 1. The van der Waals surface area contributed by atoms with E-state index in [-0.39, 0.29) is 29.0 Å². The van der Waals surface area contributed by atoms with Gasteiger partial charge in [0.1, 0.15) is 0 Å². The average molecular weight is 384 g/mol. The molecule has 0 fully saturated rings. The van der Waals surface area contributed by atoms with E-state index < -0.39 is 5.91 Å². The maximum absolute atomic E-state index is 12.3. The number of benzene rings is 1. The number of rotatable bonds is 8. The summed E-state index contributed by atoms with van der Waals surface area (Å²) in [6.45, 7) is 2.00. The summed E-state index contributed by atoms with van der Waals surface area (Å²) < 4.78 is 10.4. The lowest BCUT2D eigenvalue weighted by Crippen LogP contribution is -2.23. The molecule has 0 atom stereocenters. The Bertz CT molecular complexity index is 779. The molecule has 1 aromatic heterocycles. The SMILES string of the molecule is CCc1nc(CNC(=O)c2cc(Cl)c(OCC(N)=O)c(OC)c2)cs1. The number of aromatic nitrogens is 1. The monoisotopic (exact) mass is 383 g/mol. The molecule has 2 rings (SSSR count). The van der Waals surface area contributed by atoms with Gasteiger partial charge in [0.15, 0.2) is 18.1 Å². The van der Waals surface area contributed by atoms with Gasteiger partial charge >= 0.3 is 0 Å². The molecule has 3 N–H and O–H groups in total. The highest BCUT2D eigenvalue weighted by Crippen LogP contribution is 2.36. The summed E-state index contributed by atoms with van der Waals surface area (Å²) in [4.78, 5) is 27.6. The fourth-order valence-corrected chi connectivity index (χ4v) is 3.01. The van der Waals surface area contributed by atoms with Crippen LogP contribution >= 0.6 is 22.9 Å². The number of nitrogens with one attached hydrogen (secondary N) is 1. The van der Waals surface area contributed by atoms with Crippen molar-refractivity contribution in [3.05, 3.63) is 38.8 Å². The van der Waals surface area contributed by atoms with Crippen molar-refractivity contribution in [1.82, 2.24) is 10.3 Å². The van der Waals surface area contributed by atoms with Crippen molar-refractivity contribution < 1.29 is 19.1 Å². The number of aryl methyl sites for hydroxylation is 1. The summed E-state index contributed by atoms with van der Waals surface area (Å²) >= 11 is 7.69. The van der Waals surface area contributed by atoms with Crippen LogP contribution in [-0.4, -0.2) is 30.5 Å². The zero-order valence-electron chi connectivity index (χ0n) is 13.8. The van der Waals surface area contributed by atoms with Crippen molar-refractivity contribution in [3.8, 4) is 11.5 Å². The fourth-order valence-electron chi connectivity index (χ4n) is 2.00. The third-order valence-electron chi connectivity index (χ3n) is 3.18. The minimum Gasteiger partial charge on any atom is -0.493 e. The Morgan fingerprint density at radius 1 is 1.40 bits per heavy atom. The highest BCUT2D eigenvalue weighted by Gasteiger charge is 2.16. The average Bonchev–Trinajstić information content (AvgIpc) is 3.05. The van der Waals surface area contributed by atoms with Crippen molar-refractivity contribution in [2.24, 2.45) is 5.73 Å². The highest BCUT2D eigenvalue weighted by atomic mass is 35.5. The van der Waals surface area contributed by atoms with E-state index in [4.69, 9.17) is 26.8 Å². The van der Waals surface area contributed by atoms with Gasteiger partial charge in [0, 0.05) is 10.9 Å². The number of nitrogens with zero attached hydrogens (tertiary/aromatic N) is 1. The third-order valence-corrected chi connectivity index (χ3v) is 4.50. The van der Waals surface area contributed by atoms with Crippen molar-refractivity contribution in [2.75, 3.05) is 13.7 Å². The van der Waals surface area contributed by atoms with Crippen LogP contribution in [0.15, 0.2) is 17.5 Å². The van der Waals surface area contributed by atoms with Crippen molar-refractivity contribution in [1.29, 1.82) is 0 Å². The Hall–Kier alpha value is -2.32. The summed E-state index contributed by atoms with van der Waals surface area (Å²) in [7, 11) is 1.41. The molecule has 0 spiro atoms. The summed E-state index contributed by atoms with van der Waals surface area (Å²) in [6.07, 6.45) is 0.859. The van der Waals surface area contributed by atoms with Gasteiger partial charge in [-0.05, 0) is 18.6 Å². The van der Waals surface area contributed by atoms with E-state index in [9.17, 15) is 9.59 Å². The van der Waals surface area contributed by atoms with Crippen LogP contribution in [0.25, 0.3) is 0 Å². The van der Waals surface area contributed by atoms with Crippen LogP contribution in [0, 0.1) is 0 Å². The summed E-state index contributed by atoms with van der Waals surface area (Å²) in [6, 6.07) is 2.92. The van der Waals surface area contributed by atoms with E-state index in [1.165, 1.54) is 19.2 Å². The number of carbonyl (C=O) groups is 2. The molecule has 0 aliphatic heterocycles. The standard InChI is InChI=1S/C16H18ClN3O4S/c1-3-14-20-10(8-25-14)6-19-16(22)9-4-11(17)15(12(5-9)23-2)24-7-13(18)21/h4-5,8H,3,6-7H2,1-2H3,(H2,18,21)(H,19,22). The Morgan fingerprint density at radius 3 is 2.76 bits per heavy atom. The lowest BCUT2D eigenvalue weighted by molar-refractivity contribution is -0.119. The van der Waals surface area contributed by atoms with Crippen LogP contribution in [0.3, 0.4) is 0 Å². The van der Waals surface area contributed by atoms with Gasteiger partial charge in [-0.2, -0.15) is 0 Å². The largest absolute Gasteiger partial charge is 0.493 e. The fraction of sp³-hybridized carbons (Fsp3) is 0.312. The molecule has 134 valence electrons. The van der Waals surface area contributed by atoms with Crippen LogP contribution in [0.4, 0.5) is 0 Å². The molecule has 1 heterocycles. The normalized spacial score (nSPS) is 10.4. The molecule has 1 aromatic carbocycles. The number of hydrogen-bond acceptors (Lipinski definition) is 6. The molecule has 2 aromatic rings. The molecule has 2 amide bonds.